The predicted molar refractivity (Wildman–Crippen MR) is 49.0 cm³/mol. The summed E-state index contributed by atoms with van der Waals surface area (Å²) in [6, 6.07) is 3.85. The maximum absolute atomic E-state index is 11.5. The van der Waals surface area contributed by atoms with E-state index in [1.54, 1.807) is 0 Å². The molecule has 1 rings (SSSR count). The fourth-order valence-corrected chi connectivity index (χ4v) is 1.33. The van der Waals surface area contributed by atoms with Gasteiger partial charge in [-0.25, -0.2) is 0 Å². The summed E-state index contributed by atoms with van der Waals surface area (Å²) in [5.74, 6) is 0.293. The van der Waals surface area contributed by atoms with E-state index in [-0.39, 0.29) is 0 Å². The van der Waals surface area contributed by atoms with Crippen LogP contribution in [0.3, 0.4) is 0 Å². The quantitative estimate of drug-likeness (QED) is 0.462. The lowest BCUT2D eigenvalue weighted by molar-refractivity contribution is -0.622. The Morgan fingerprint density at radius 2 is 1.83 bits per heavy atom. The minimum atomic E-state index is 0.293. The number of nitrogens with zero attached hydrogens (tertiary/aromatic N) is 1. The van der Waals surface area contributed by atoms with Crippen LogP contribution in [0.4, 0.5) is 0 Å². The van der Waals surface area contributed by atoms with Crippen LogP contribution in [0.25, 0.3) is 0 Å². The standard InChI is InChI=1S/C10H15NO/c1-7(2)10-6-8(3)5-9(4)11(10)12/h5-7H,1-4H3. The van der Waals surface area contributed by atoms with Crippen LogP contribution < -0.4 is 4.73 Å². The van der Waals surface area contributed by atoms with E-state index in [0.717, 1.165) is 21.7 Å². The van der Waals surface area contributed by atoms with Crippen molar-refractivity contribution in [2.75, 3.05) is 0 Å². The minimum absolute atomic E-state index is 0.293. The van der Waals surface area contributed by atoms with E-state index in [1.807, 2.05) is 39.8 Å². The van der Waals surface area contributed by atoms with Gasteiger partial charge in [0.15, 0.2) is 11.4 Å². The first-order chi connectivity index (χ1) is 5.52. The molecule has 2 nitrogen and oxygen atoms in total. The molecule has 0 saturated carbocycles. The number of rotatable bonds is 1. The number of aryl methyl sites for hydroxylation is 2. The lowest BCUT2D eigenvalue weighted by Gasteiger charge is -2.10. The zero-order chi connectivity index (χ0) is 9.30. The molecule has 0 fully saturated rings. The van der Waals surface area contributed by atoms with Crippen molar-refractivity contribution in [3.63, 3.8) is 0 Å². The van der Waals surface area contributed by atoms with Gasteiger partial charge in [0.2, 0.25) is 0 Å². The highest BCUT2D eigenvalue weighted by Gasteiger charge is 2.12. The Hall–Kier alpha value is -1.05. The maximum atomic E-state index is 11.5. The normalized spacial score (nSPS) is 10.8. The summed E-state index contributed by atoms with van der Waals surface area (Å²) in [6.07, 6.45) is 0. The van der Waals surface area contributed by atoms with Crippen LogP contribution in [-0.2, 0) is 0 Å². The van der Waals surface area contributed by atoms with Crippen molar-refractivity contribution in [2.45, 2.75) is 33.6 Å². The van der Waals surface area contributed by atoms with Crippen LogP contribution in [0.15, 0.2) is 12.1 Å². The Kier molecular flexibility index (Phi) is 2.36. The van der Waals surface area contributed by atoms with Crippen LogP contribution in [0, 0.1) is 19.1 Å². The molecule has 0 aromatic carbocycles. The molecule has 0 aliphatic carbocycles. The number of aromatic nitrogens is 1. The van der Waals surface area contributed by atoms with E-state index in [1.165, 1.54) is 0 Å². The molecule has 0 atom stereocenters. The van der Waals surface area contributed by atoms with E-state index in [4.69, 9.17) is 0 Å². The van der Waals surface area contributed by atoms with Crippen molar-refractivity contribution in [3.05, 3.63) is 34.3 Å². The first kappa shape index (κ1) is 9.04. The fraction of sp³-hybridized carbons (Fsp3) is 0.500. The average molecular weight is 165 g/mol. The summed E-state index contributed by atoms with van der Waals surface area (Å²) in [5, 5.41) is 11.5. The van der Waals surface area contributed by atoms with Gasteiger partial charge in [0.1, 0.15) is 0 Å². The minimum Gasteiger partial charge on any atom is -0.618 e. The van der Waals surface area contributed by atoms with Gasteiger partial charge in [-0.2, -0.15) is 4.73 Å². The number of pyridine rings is 1. The summed E-state index contributed by atoms with van der Waals surface area (Å²) in [4.78, 5) is 0. The molecule has 0 saturated heterocycles. The topological polar surface area (TPSA) is 26.9 Å². The van der Waals surface area contributed by atoms with E-state index >= 15 is 0 Å². The van der Waals surface area contributed by atoms with E-state index in [0.29, 0.717) is 5.92 Å². The molecule has 0 aliphatic rings. The first-order valence-electron chi connectivity index (χ1n) is 4.23. The average Bonchev–Trinajstić information content (AvgIpc) is 1.96. The summed E-state index contributed by atoms with van der Waals surface area (Å²) < 4.78 is 1.01. The Morgan fingerprint density at radius 3 is 2.33 bits per heavy atom. The van der Waals surface area contributed by atoms with Crippen molar-refractivity contribution in [2.24, 2.45) is 0 Å². The summed E-state index contributed by atoms with van der Waals surface area (Å²) in [7, 11) is 0. The van der Waals surface area contributed by atoms with Crippen LogP contribution in [0.5, 0.6) is 0 Å². The maximum Gasteiger partial charge on any atom is 0.195 e. The molecule has 12 heavy (non-hydrogen) atoms. The molecular formula is C10H15NO. The third-order valence-corrected chi connectivity index (χ3v) is 1.96. The predicted octanol–water partition coefficient (Wildman–Crippen LogP) is 2.06. The van der Waals surface area contributed by atoms with Crippen LogP contribution in [0.1, 0.15) is 36.7 Å². The van der Waals surface area contributed by atoms with Gasteiger partial charge in [0.25, 0.3) is 0 Å². The smallest absolute Gasteiger partial charge is 0.195 e. The number of hydrogen-bond acceptors (Lipinski definition) is 1. The van der Waals surface area contributed by atoms with Crippen molar-refractivity contribution < 1.29 is 4.73 Å². The molecule has 1 heterocycles. The van der Waals surface area contributed by atoms with Gasteiger partial charge in [-0.3, -0.25) is 0 Å². The largest absolute Gasteiger partial charge is 0.618 e. The van der Waals surface area contributed by atoms with Crippen molar-refractivity contribution in [3.8, 4) is 0 Å². The molecule has 0 unspecified atom stereocenters. The Morgan fingerprint density at radius 1 is 1.25 bits per heavy atom. The van der Waals surface area contributed by atoms with E-state index in [9.17, 15) is 5.21 Å². The molecule has 0 spiro atoms. The van der Waals surface area contributed by atoms with Gasteiger partial charge in [0, 0.05) is 25.0 Å². The molecule has 1 aromatic heterocycles. The highest BCUT2D eigenvalue weighted by atomic mass is 16.5. The Labute approximate surface area is 73.4 Å². The Balaban J connectivity index is 3.28. The van der Waals surface area contributed by atoms with Crippen LogP contribution in [-0.4, -0.2) is 0 Å². The Bertz CT molecular complexity index is 292. The first-order valence-corrected chi connectivity index (χ1v) is 4.23. The lowest BCUT2D eigenvalue weighted by atomic mass is 10.1. The van der Waals surface area contributed by atoms with E-state index < -0.39 is 0 Å². The van der Waals surface area contributed by atoms with Crippen molar-refractivity contribution in [1.29, 1.82) is 0 Å². The summed E-state index contributed by atoms with van der Waals surface area (Å²) >= 11 is 0. The highest BCUT2D eigenvalue weighted by Crippen LogP contribution is 2.11. The highest BCUT2D eigenvalue weighted by molar-refractivity contribution is 5.16. The zero-order valence-corrected chi connectivity index (χ0v) is 8.09. The summed E-state index contributed by atoms with van der Waals surface area (Å²) in [6.45, 7) is 7.91. The van der Waals surface area contributed by atoms with Gasteiger partial charge in [-0.1, -0.05) is 13.8 Å². The third-order valence-electron chi connectivity index (χ3n) is 1.96. The van der Waals surface area contributed by atoms with Gasteiger partial charge >= 0.3 is 0 Å². The molecule has 2 heteroatoms. The van der Waals surface area contributed by atoms with Gasteiger partial charge in [-0.05, 0) is 12.5 Å². The second-order valence-electron chi connectivity index (χ2n) is 3.55. The monoisotopic (exact) mass is 165 g/mol. The second kappa shape index (κ2) is 3.13. The third kappa shape index (κ3) is 1.58. The van der Waals surface area contributed by atoms with Gasteiger partial charge < -0.3 is 5.21 Å². The lowest BCUT2D eigenvalue weighted by Crippen LogP contribution is -2.36. The fourth-order valence-electron chi connectivity index (χ4n) is 1.33. The molecule has 0 radical (unpaired) electrons. The molecule has 0 bridgehead atoms. The van der Waals surface area contributed by atoms with Gasteiger partial charge in [0.05, 0.1) is 0 Å². The molecular weight excluding hydrogens is 150 g/mol. The van der Waals surface area contributed by atoms with Crippen molar-refractivity contribution in [1.82, 2.24) is 0 Å². The molecule has 0 N–H and O–H groups in total. The number of hydrogen-bond donors (Lipinski definition) is 0. The summed E-state index contributed by atoms with van der Waals surface area (Å²) in [5.41, 5.74) is 2.79. The molecule has 1 aromatic rings. The molecule has 0 aliphatic heterocycles. The van der Waals surface area contributed by atoms with Crippen LogP contribution >= 0.6 is 0 Å². The molecule has 0 amide bonds. The van der Waals surface area contributed by atoms with E-state index in [2.05, 4.69) is 0 Å². The van der Waals surface area contributed by atoms with Gasteiger partial charge in [-0.15, -0.1) is 0 Å². The molecule has 66 valence electrons. The second-order valence-corrected chi connectivity index (χ2v) is 3.55. The van der Waals surface area contributed by atoms with Crippen molar-refractivity contribution >= 4 is 0 Å². The SMILES string of the molecule is Cc1cc(C)[n+]([O-])c(C(C)C)c1. The zero-order valence-electron chi connectivity index (χ0n) is 8.09. The van der Waals surface area contributed by atoms with Crippen LogP contribution in [0.2, 0.25) is 0 Å².